The zero-order valence-electron chi connectivity index (χ0n) is 10.0. The molecule has 86 valence electrons. The highest BCUT2D eigenvalue weighted by Gasteiger charge is 2.06. The Labute approximate surface area is 95.7 Å². The maximum atomic E-state index is 4.27. The van der Waals surface area contributed by atoms with Gasteiger partial charge in [-0.1, -0.05) is 6.92 Å². The monoisotopic (exact) mass is 218 g/mol. The van der Waals surface area contributed by atoms with Gasteiger partial charge in [0.2, 0.25) is 0 Å². The summed E-state index contributed by atoms with van der Waals surface area (Å²) >= 11 is 0. The first-order valence-electron chi connectivity index (χ1n) is 5.59. The van der Waals surface area contributed by atoms with Crippen LogP contribution in [-0.2, 0) is 20.0 Å². The smallest absolute Gasteiger partial charge is 0.151 e. The van der Waals surface area contributed by atoms with Crippen molar-refractivity contribution < 1.29 is 0 Å². The Hall–Kier alpha value is -1.71. The molecule has 0 aromatic carbocycles. The van der Waals surface area contributed by atoms with Crippen molar-refractivity contribution in [1.29, 1.82) is 0 Å². The molecule has 4 nitrogen and oxygen atoms in total. The first-order chi connectivity index (χ1) is 7.70. The highest BCUT2D eigenvalue weighted by atomic mass is 15.2. The fourth-order valence-corrected chi connectivity index (χ4v) is 1.80. The van der Waals surface area contributed by atoms with Gasteiger partial charge in [0.15, 0.2) is 5.82 Å². The number of hydrogen-bond donors (Lipinski definition) is 2. The molecule has 0 fully saturated rings. The first-order valence-corrected chi connectivity index (χ1v) is 5.59. The molecule has 2 heterocycles. The summed E-state index contributed by atoms with van der Waals surface area (Å²) in [6.45, 7) is 5.03. The van der Waals surface area contributed by atoms with Crippen molar-refractivity contribution in [3.63, 3.8) is 0 Å². The van der Waals surface area contributed by atoms with Gasteiger partial charge in [-0.15, -0.1) is 0 Å². The largest absolute Gasteiger partial charge is 0.364 e. The van der Waals surface area contributed by atoms with Crippen LogP contribution < -0.4 is 5.32 Å². The molecule has 0 amide bonds. The molecule has 0 saturated carbocycles. The third kappa shape index (κ3) is 2.10. The second-order valence-electron chi connectivity index (χ2n) is 4.07. The van der Waals surface area contributed by atoms with E-state index in [1.807, 2.05) is 17.8 Å². The number of aryl methyl sites for hydroxylation is 2. The van der Waals surface area contributed by atoms with Gasteiger partial charge in [0.1, 0.15) is 0 Å². The molecule has 0 aliphatic carbocycles. The van der Waals surface area contributed by atoms with E-state index in [-0.39, 0.29) is 0 Å². The number of aromatic nitrogens is 3. The maximum absolute atomic E-state index is 4.27. The van der Waals surface area contributed by atoms with Crippen LogP contribution in [-0.4, -0.2) is 14.8 Å². The van der Waals surface area contributed by atoms with E-state index in [2.05, 4.69) is 41.6 Å². The van der Waals surface area contributed by atoms with Gasteiger partial charge in [0.25, 0.3) is 0 Å². The molecule has 16 heavy (non-hydrogen) atoms. The summed E-state index contributed by atoms with van der Waals surface area (Å²) in [7, 11) is 2.03. The van der Waals surface area contributed by atoms with Gasteiger partial charge in [0.05, 0.1) is 0 Å². The lowest BCUT2D eigenvalue weighted by molar-refractivity contribution is 0.919. The molecule has 0 aliphatic rings. The van der Waals surface area contributed by atoms with Crippen molar-refractivity contribution in [3.8, 4) is 0 Å². The van der Waals surface area contributed by atoms with Crippen LogP contribution in [0.25, 0.3) is 0 Å². The van der Waals surface area contributed by atoms with Gasteiger partial charge in [-0.3, -0.25) is 5.10 Å². The fourth-order valence-electron chi connectivity index (χ4n) is 1.80. The van der Waals surface area contributed by atoms with Crippen LogP contribution in [0, 0.1) is 6.92 Å². The van der Waals surface area contributed by atoms with Gasteiger partial charge in [-0.25, -0.2) is 0 Å². The van der Waals surface area contributed by atoms with E-state index in [1.165, 1.54) is 16.8 Å². The lowest BCUT2D eigenvalue weighted by Crippen LogP contribution is -2.00. The predicted molar refractivity (Wildman–Crippen MR) is 65.4 cm³/mol. The molecule has 2 rings (SSSR count). The molecule has 2 aromatic heterocycles. The molecular weight excluding hydrogens is 200 g/mol. The topological polar surface area (TPSA) is 45.6 Å². The Balaban J connectivity index is 2.02. The molecule has 0 saturated heterocycles. The summed E-state index contributed by atoms with van der Waals surface area (Å²) < 4.78 is 2.05. The normalized spacial score (nSPS) is 10.7. The molecule has 0 radical (unpaired) electrons. The molecule has 4 heteroatoms. The average Bonchev–Trinajstić information content (AvgIpc) is 2.83. The lowest BCUT2D eigenvalue weighted by Gasteiger charge is -2.02. The summed E-state index contributed by atoms with van der Waals surface area (Å²) in [6.07, 6.45) is 5.15. The molecule has 0 atom stereocenters. The summed E-state index contributed by atoms with van der Waals surface area (Å²) in [5.41, 5.74) is 3.69. The Bertz CT molecular complexity index is 467. The summed E-state index contributed by atoms with van der Waals surface area (Å²) in [4.78, 5) is 0. The predicted octanol–water partition coefficient (Wildman–Crippen LogP) is 2.23. The van der Waals surface area contributed by atoms with Crippen LogP contribution in [0.15, 0.2) is 18.5 Å². The van der Waals surface area contributed by atoms with Crippen molar-refractivity contribution in [2.75, 3.05) is 5.32 Å². The first kappa shape index (κ1) is 10.8. The third-order valence-electron chi connectivity index (χ3n) is 2.82. The average molecular weight is 218 g/mol. The Morgan fingerprint density at radius 3 is 2.88 bits per heavy atom. The zero-order chi connectivity index (χ0) is 11.5. The molecule has 0 unspecified atom stereocenters. The van der Waals surface area contributed by atoms with Gasteiger partial charge in [-0.2, -0.15) is 5.10 Å². The van der Waals surface area contributed by atoms with Crippen LogP contribution in [0.1, 0.15) is 23.7 Å². The number of nitrogens with one attached hydrogen (secondary N) is 2. The molecule has 0 bridgehead atoms. The quantitative estimate of drug-likeness (QED) is 0.826. The lowest BCUT2D eigenvalue weighted by atomic mass is 10.2. The van der Waals surface area contributed by atoms with Crippen molar-refractivity contribution in [2.45, 2.75) is 26.8 Å². The van der Waals surface area contributed by atoms with E-state index in [0.717, 1.165) is 18.8 Å². The maximum Gasteiger partial charge on any atom is 0.151 e. The fraction of sp³-hybridized carbons (Fsp3) is 0.417. The molecular formula is C12H18N4. The van der Waals surface area contributed by atoms with Crippen LogP contribution >= 0.6 is 0 Å². The van der Waals surface area contributed by atoms with Gasteiger partial charge in [0, 0.05) is 37.2 Å². The number of hydrogen-bond acceptors (Lipinski definition) is 2. The Morgan fingerprint density at radius 1 is 1.50 bits per heavy atom. The van der Waals surface area contributed by atoms with Crippen molar-refractivity contribution in [1.82, 2.24) is 14.8 Å². The molecule has 2 aromatic rings. The number of nitrogens with zero attached hydrogens (tertiary/aromatic N) is 2. The second-order valence-corrected chi connectivity index (χ2v) is 4.07. The number of anilines is 1. The van der Waals surface area contributed by atoms with Crippen molar-refractivity contribution in [2.24, 2.45) is 7.05 Å². The molecule has 2 N–H and O–H groups in total. The van der Waals surface area contributed by atoms with E-state index in [9.17, 15) is 0 Å². The van der Waals surface area contributed by atoms with Crippen LogP contribution in [0.3, 0.4) is 0 Å². The van der Waals surface area contributed by atoms with Gasteiger partial charge < -0.3 is 9.88 Å². The highest BCUT2D eigenvalue weighted by molar-refractivity contribution is 5.45. The van der Waals surface area contributed by atoms with Gasteiger partial charge in [-0.05, 0) is 25.0 Å². The third-order valence-corrected chi connectivity index (χ3v) is 2.82. The SMILES string of the molecule is CCc1[nH]nc(NCc2ccn(C)c2)c1C. The Morgan fingerprint density at radius 2 is 2.31 bits per heavy atom. The minimum Gasteiger partial charge on any atom is -0.364 e. The minimum atomic E-state index is 0.815. The van der Waals surface area contributed by atoms with Crippen LogP contribution in [0.5, 0.6) is 0 Å². The summed E-state index contributed by atoms with van der Waals surface area (Å²) in [5.74, 6) is 0.959. The van der Waals surface area contributed by atoms with E-state index in [4.69, 9.17) is 0 Å². The van der Waals surface area contributed by atoms with E-state index < -0.39 is 0 Å². The summed E-state index contributed by atoms with van der Waals surface area (Å²) in [6, 6.07) is 2.11. The zero-order valence-corrected chi connectivity index (χ0v) is 10.0. The molecule has 0 aliphatic heterocycles. The Kier molecular flexibility index (Phi) is 2.99. The number of aromatic amines is 1. The number of rotatable bonds is 4. The van der Waals surface area contributed by atoms with E-state index in [0.29, 0.717) is 0 Å². The highest BCUT2D eigenvalue weighted by Crippen LogP contribution is 2.16. The van der Waals surface area contributed by atoms with E-state index >= 15 is 0 Å². The summed E-state index contributed by atoms with van der Waals surface area (Å²) in [5, 5.41) is 10.7. The van der Waals surface area contributed by atoms with Crippen molar-refractivity contribution >= 4 is 5.82 Å². The van der Waals surface area contributed by atoms with Crippen molar-refractivity contribution in [3.05, 3.63) is 35.3 Å². The molecule has 0 spiro atoms. The minimum absolute atomic E-state index is 0.815. The second kappa shape index (κ2) is 4.43. The standard InChI is InChI=1S/C12H18N4/c1-4-11-9(2)12(15-14-11)13-7-10-5-6-16(3)8-10/h5-6,8H,4,7H2,1-3H3,(H2,13,14,15). The van der Waals surface area contributed by atoms with E-state index in [1.54, 1.807) is 0 Å². The van der Waals surface area contributed by atoms with Crippen LogP contribution in [0.2, 0.25) is 0 Å². The van der Waals surface area contributed by atoms with Crippen LogP contribution in [0.4, 0.5) is 5.82 Å². The van der Waals surface area contributed by atoms with Gasteiger partial charge >= 0.3 is 0 Å². The number of H-pyrrole nitrogens is 1.